The van der Waals surface area contributed by atoms with Crippen molar-refractivity contribution >= 4 is 33.7 Å². The lowest BCUT2D eigenvalue weighted by atomic mass is 10.0. The second-order valence-corrected chi connectivity index (χ2v) is 6.21. The third kappa shape index (κ3) is 2.57. The summed E-state index contributed by atoms with van der Waals surface area (Å²) in [6.45, 7) is 1.76. The summed E-state index contributed by atoms with van der Waals surface area (Å²) < 4.78 is 5.20. The first-order valence-electron chi connectivity index (χ1n) is 7.39. The van der Waals surface area contributed by atoms with Gasteiger partial charge in [0, 0.05) is 5.56 Å². The Kier molecular flexibility index (Phi) is 3.59. The van der Waals surface area contributed by atoms with E-state index < -0.39 is 0 Å². The number of hydrogen-bond donors (Lipinski definition) is 1. The second-order valence-electron chi connectivity index (χ2n) is 5.29. The quantitative estimate of drug-likeness (QED) is 0.598. The standard InChI is InChI=1S/C18H13N3O2S/c1-11-19-18(23-21-11)16-15(9-10-24-16)20-17(22)14-8-4-6-12-5-2-3-7-13(12)14/h2-10H,1H3,(H,20,22). The van der Waals surface area contributed by atoms with Crippen molar-refractivity contribution < 1.29 is 9.32 Å². The van der Waals surface area contributed by atoms with Crippen molar-refractivity contribution in [2.45, 2.75) is 6.92 Å². The van der Waals surface area contributed by atoms with Crippen LogP contribution in [0.2, 0.25) is 0 Å². The number of aromatic nitrogens is 2. The summed E-state index contributed by atoms with van der Waals surface area (Å²) in [5.41, 5.74) is 1.30. The van der Waals surface area contributed by atoms with E-state index in [1.807, 2.05) is 53.9 Å². The number of nitrogens with zero attached hydrogens (tertiary/aromatic N) is 2. The van der Waals surface area contributed by atoms with Crippen molar-refractivity contribution in [2.24, 2.45) is 0 Å². The normalized spacial score (nSPS) is 10.9. The Morgan fingerprint density at radius 1 is 1.12 bits per heavy atom. The minimum absolute atomic E-state index is 0.164. The highest BCUT2D eigenvalue weighted by Crippen LogP contribution is 2.33. The molecule has 4 aromatic rings. The van der Waals surface area contributed by atoms with Crippen LogP contribution in [0.15, 0.2) is 58.4 Å². The number of fused-ring (bicyclic) bond motifs is 1. The van der Waals surface area contributed by atoms with Gasteiger partial charge in [0.15, 0.2) is 5.82 Å². The molecule has 6 heteroatoms. The van der Waals surface area contributed by atoms with Crippen LogP contribution in [0, 0.1) is 6.92 Å². The molecule has 118 valence electrons. The topological polar surface area (TPSA) is 68.0 Å². The van der Waals surface area contributed by atoms with Crippen LogP contribution < -0.4 is 5.32 Å². The van der Waals surface area contributed by atoms with E-state index in [4.69, 9.17) is 4.52 Å². The van der Waals surface area contributed by atoms with Gasteiger partial charge in [-0.3, -0.25) is 4.79 Å². The summed E-state index contributed by atoms with van der Waals surface area (Å²) in [7, 11) is 0. The van der Waals surface area contributed by atoms with E-state index in [-0.39, 0.29) is 5.91 Å². The monoisotopic (exact) mass is 335 g/mol. The summed E-state index contributed by atoms with van der Waals surface area (Å²) in [5, 5.41) is 10.6. The van der Waals surface area contributed by atoms with Gasteiger partial charge in [-0.25, -0.2) is 0 Å². The molecule has 5 nitrogen and oxygen atoms in total. The highest BCUT2D eigenvalue weighted by Gasteiger charge is 2.17. The third-order valence-corrected chi connectivity index (χ3v) is 4.57. The third-order valence-electron chi connectivity index (χ3n) is 3.67. The molecule has 0 atom stereocenters. The molecular formula is C18H13N3O2S. The number of anilines is 1. The van der Waals surface area contributed by atoms with Gasteiger partial charge in [0.05, 0.1) is 5.69 Å². The van der Waals surface area contributed by atoms with Crippen LogP contribution in [-0.4, -0.2) is 16.0 Å². The van der Waals surface area contributed by atoms with Crippen LogP contribution in [0.4, 0.5) is 5.69 Å². The molecule has 2 aromatic heterocycles. The maximum Gasteiger partial charge on any atom is 0.270 e. The van der Waals surface area contributed by atoms with Crippen LogP contribution in [0.5, 0.6) is 0 Å². The lowest BCUT2D eigenvalue weighted by molar-refractivity contribution is 0.102. The predicted molar refractivity (Wildman–Crippen MR) is 94.2 cm³/mol. The molecule has 0 saturated heterocycles. The van der Waals surface area contributed by atoms with Gasteiger partial charge in [-0.05, 0) is 35.2 Å². The minimum Gasteiger partial charge on any atom is -0.333 e. The number of aryl methyl sites for hydroxylation is 1. The second kappa shape index (κ2) is 5.90. The van der Waals surface area contributed by atoms with Gasteiger partial charge in [0.1, 0.15) is 4.88 Å². The van der Waals surface area contributed by atoms with E-state index in [2.05, 4.69) is 15.5 Å². The average Bonchev–Trinajstić information content (AvgIpc) is 3.23. The zero-order valence-corrected chi connectivity index (χ0v) is 13.6. The number of amides is 1. The van der Waals surface area contributed by atoms with Crippen molar-refractivity contribution in [2.75, 3.05) is 5.32 Å². The molecular weight excluding hydrogens is 322 g/mol. The van der Waals surface area contributed by atoms with E-state index in [0.29, 0.717) is 23.0 Å². The number of thiophene rings is 1. The Labute approximate surface area is 141 Å². The van der Waals surface area contributed by atoms with Gasteiger partial charge in [0.25, 0.3) is 11.8 Å². The molecule has 2 heterocycles. The molecule has 0 aliphatic rings. The lowest BCUT2D eigenvalue weighted by Crippen LogP contribution is -2.12. The summed E-state index contributed by atoms with van der Waals surface area (Å²) in [5.74, 6) is 0.808. The number of carbonyl (C=O) groups excluding carboxylic acids is 1. The van der Waals surface area contributed by atoms with Crippen LogP contribution in [0.1, 0.15) is 16.2 Å². The molecule has 0 fully saturated rings. The Hall–Kier alpha value is -2.99. The minimum atomic E-state index is -0.164. The molecule has 24 heavy (non-hydrogen) atoms. The first-order valence-corrected chi connectivity index (χ1v) is 8.27. The average molecular weight is 335 g/mol. The zero-order chi connectivity index (χ0) is 16.5. The summed E-state index contributed by atoms with van der Waals surface area (Å²) in [6, 6.07) is 15.3. The molecule has 0 radical (unpaired) electrons. The zero-order valence-electron chi connectivity index (χ0n) is 12.8. The molecule has 2 aromatic carbocycles. The molecule has 4 rings (SSSR count). The number of rotatable bonds is 3. The molecule has 1 amide bonds. The number of hydrogen-bond acceptors (Lipinski definition) is 5. The van der Waals surface area contributed by atoms with Crippen molar-refractivity contribution in [3.8, 4) is 10.8 Å². The Morgan fingerprint density at radius 2 is 1.96 bits per heavy atom. The first kappa shape index (κ1) is 14.6. The van der Waals surface area contributed by atoms with Crippen LogP contribution in [-0.2, 0) is 0 Å². The summed E-state index contributed by atoms with van der Waals surface area (Å²) >= 11 is 1.45. The smallest absolute Gasteiger partial charge is 0.270 e. The molecule has 0 aliphatic carbocycles. The van der Waals surface area contributed by atoms with Crippen LogP contribution in [0.25, 0.3) is 21.5 Å². The van der Waals surface area contributed by atoms with E-state index in [1.54, 1.807) is 6.92 Å². The maximum atomic E-state index is 12.7. The van der Waals surface area contributed by atoms with Gasteiger partial charge in [-0.2, -0.15) is 4.98 Å². The van der Waals surface area contributed by atoms with Gasteiger partial charge >= 0.3 is 0 Å². The fourth-order valence-electron chi connectivity index (χ4n) is 2.58. The van der Waals surface area contributed by atoms with Gasteiger partial charge in [-0.1, -0.05) is 41.6 Å². The van der Waals surface area contributed by atoms with E-state index >= 15 is 0 Å². The van der Waals surface area contributed by atoms with Crippen molar-refractivity contribution in [3.63, 3.8) is 0 Å². The van der Waals surface area contributed by atoms with Crippen molar-refractivity contribution in [3.05, 3.63) is 65.3 Å². The van der Waals surface area contributed by atoms with Crippen molar-refractivity contribution in [1.82, 2.24) is 10.1 Å². The first-order chi connectivity index (χ1) is 11.7. The molecule has 0 unspecified atom stereocenters. The van der Waals surface area contributed by atoms with E-state index in [1.165, 1.54) is 11.3 Å². The summed E-state index contributed by atoms with van der Waals surface area (Å²) in [6.07, 6.45) is 0. The highest BCUT2D eigenvalue weighted by molar-refractivity contribution is 7.14. The summed E-state index contributed by atoms with van der Waals surface area (Å²) in [4.78, 5) is 17.7. The molecule has 1 N–H and O–H groups in total. The predicted octanol–water partition coefficient (Wildman–Crippen LogP) is 4.51. The lowest BCUT2D eigenvalue weighted by Gasteiger charge is -2.08. The Bertz CT molecular complexity index is 1030. The van der Waals surface area contributed by atoms with Gasteiger partial charge in [-0.15, -0.1) is 11.3 Å². The molecule has 0 aliphatic heterocycles. The molecule has 0 bridgehead atoms. The highest BCUT2D eigenvalue weighted by atomic mass is 32.1. The number of benzene rings is 2. The van der Waals surface area contributed by atoms with Crippen LogP contribution in [0.3, 0.4) is 0 Å². The van der Waals surface area contributed by atoms with E-state index in [0.717, 1.165) is 15.6 Å². The fraction of sp³-hybridized carbons (Fsp3) is 0.0556. The fourth-order valence-corrected chi connectivity index (χ4v) is 3.35. The number of nitrogens with one attached hydrogen (secondary N) is 1. The Morgan fingerprint density at radius 3 is 2.79 bits per heavy atom. The Balaban J connectivity index is 1.69. The van der Waals surface area contributed by atoms with Crippen molar-refractivity contribution in [1.29, 1.82) is 0 Å². The largest absolute Gasteiger partial charge is 0.333 e. The SMILES string of the molecule is Cc1noc(-c2sccc2NC(=O)c2cccc3ccccc23)n1. The molecule has 0 spiro atoms. The van der Waals surface area contributed by atoms with Gasteiger partial charge < -0.3 is 9.84 Å². The van der Waals surface area contributed by atoms with Gasteiger partial charge in [0.2, 0.25) is 0 Å². The maximum absolute atomic E-state index is 12.7. The molecule has 0 saturated carbocycles. The number of carbonyl (C=O) groups is 1. The van der Waals surface area contributed by atoms with E-state index in [9.17, 15) is 4.79 Å². The van der Waals surface area contributed by atoms with Crippen LogP contribution >= 0.6 is 11.3 Å².